The molecule has 29 heavy (non-hydrogen) atoms. The first-order chi connectivity index (χ1) is 14.2. The van der Waals surface area contributed by atoms with E-state index in [1.165, 1.54) is 5.56 Å². The number of anilines is 1. The number of carbonyl (C=O) groups excluding carboxylic acids is 1. The van der Waals surface area contributed by atoms with Crippen molar-refractivity contribution in [3.05, 3.63) is 94.5 Å². The first-order valence-corrected chi connectivity index (χ1v) is 10.2. The van der Waals surface area contributed by atoms with E-state index < -0.39 is 0 Å². The van der Waals surface area contributed by atoms with Gasteiger partial charge in [0.2, 0.25) is 0 Å². The van der Waals surface area contributed by atoms with Crippen molar-refractivity contribution in [1.82, 2.24) is 4.90 Å². The highest BCUT2D eigenvalue weighted by molar-refractivity contribution is 6.31. The van der Waals surface area contributed by atoms with Crippen LogP contribution in [-0.4, -0.2) is 24.1 Å². The number of hydrogen-bond acceptors (Lipinski definition) is 2. The molecule has 148 valence electrons. The van der Waals surface area contributed by atoms with Crippen LogP contribution in [0.1, 0.15) is 29.7 Å². The summed E-state index contributed by atoms with van der Waals surface area (Å²) in [4.78, 5) is 15.2. The molecule has 0 spiro atoms. The van der Waals surface area contributed by atoms with E-state index in [9.17, 15) is 4.79 Å². The number of nitrogens with zero attached hydrogens (tertiary/aromatic N) is 1. The topological polar surface area (TPSA) is 41.6 Å². The van der Waals surface area contributed by atoms with Crippen molar-refractivity contribution in [1.29, 1.82) is 0 Å². The summed E-state index contributed by atoms with van der Waals surface area (Å²) >= 11 is 6.54. The molecule has 2 amide bonds. The summed E-state index contributed by atoms with van der Waals surface area (Å²) in [6, 6.07) is 23.0. The van der Waals surface area contributed by atoms with E-state index in [1.54, 1.807) is 0 Å². The van der Waals surface area contributed by atoms with Gasteiger partial charge in [-0.1, -0.05) is 66.2 Å². The Labute approximate surface area is 176 Å². The lowest BCUT2D eigenvalue weighted by Crippen LogP contribution is -2.43. The first-order valence-electron chi connectivity index (χ1n) is 9.80. The lowest BCUT2D eigenvalue weighted by atomic mass is 9.88. The fraction of sp³-hybridized carbons (Fsp3) is 0.208. The van der Waals surface area contributed by atoms with Gasteiger partial charge in [0.1, 0.15) is 5.75 Å². The van der Waals surface area contributed by atoms with Crippen LogP contribution in [0, 0.1) is 0 Å². The van der Waals surface area contributed by atoms with E-state index in [4.69, 9.17) is 16.3 Å². The Hall–Kier alpha value is -2.98. The smallest absolute Gasteiger partial charge is 0.322 e. The number of benzene rings is 3. The zero-order valence-corrected chi connectivity index (χ0v) is 17.0. The van der Waals surface area contributed by atoms with Crippen LogP contribution in [0.5, 0.6) is 5.75 Å². The average Bonchev–Trinajstić information content (AvgIpc) is 2.75. The molecule has 1 atom stereocenters. The summed E-state index contributed by atoms with van der Waals surface area (Å²) in [7, 11) is 0. The van der Waals surface area contributed by atoms with Gasteiger partial charge in [0.25, 0.3) is 0 Å². The number of amides is 2. The molecule has 1 unspecified atom stereocenters. The van der Waals surface area contributed by atoms with Crippen LogP contribution in [0.2, 0.25) is 5.02 Å². The molecular formula is C24H23ClN2O2. The summed E-state index contributed by atoms with van der Waals surface area (Å²) in [6.45, 7) is 3.06. The third-order valence-electron chi connectivity index (χ3n) is 5.17. The summed E-state index contributed by atoms with van der Waals surface area (Å²) in [5, 5.41) is 3.69. The fourth-order valence-corrected chi connectivity index (χ4v) is 4.09. The standard InChI is InChI=1S/C24H23ClN2O2/c1-2-29-22-14-8-7-13-21(22)26-24(28)27-16-15-17-9-3-4-10-18(17)23(27)19-11-5-6-12-20(19)25/h3-14,23H,2,15-16H2,1H3,(H,26,28). The maximum absolute atomic E-state index is 13.3. The van der Waals surface area contributed by atoms with Gasteiger partial charge in [-0.3, -0.25) is 0 Å². The van der Waals surface area contributed by atoms with Crippen molar-refractivity contribution in [3.63, 3.8) is 0 Å². The Morgan fingerprint density at radius 3 is 2.52 bits per heavy atom. The van der Waals surface area contributed by atoms with Crippen molar-refractivity contribution in [3.8, 4) is 5.75 Å². The minimum atomic E-state index is -0.243. The summed E-state index contributed by atoms with van der Waals surface area (Å²) in [5.41, 5.74) is 3.95. The fourth-order valence-electron chi connectivity index (χ4n) is 3.86. The highest BCUT2D eigenvalue weighted by atomic mass is 35.5. The van der Waals surface area contributed by atoms with Crippen molar-refractivity contribution >= 4 is 23.3 Å². The predicted molar refractivity (Wildman–Crippen MR) is 117 cm³/mol. The number of hydrogen-bond donors (Lipinski definition) is 1. The molecule has 0 fully saturated rings. The molecule has 1 aliphatic rings. The lowest BCUT2D eigenvalue weighted by molar-refractivity contribution is 0.194. The Kier molecular flexibility index (Phi) is 5.72. The molecule has 1 aliphatic heterocycles. The minimum Gasteiger partial charge on any atom is -0.492 e. The monoisotopic (exact) mass is 406 g/mol. The van der Waals surface area contributed by atoms with Gasteiger partial charge < -0.3 is 15.0 Å². The average molecular weight is 407 g/mol. The molecule has 0 saturated heterocycles. The zero-order chi connectivity index (χ0) is 20.2. The van der Waals surface area contributed by atoms with Gasteiger partial charge in [-0.05, 0) is 48.2 Å². The summed E-state index contributed by atoms with van der Waals surface area (Å²) in [5.74, 6) is 0.662. The minimum absolute atomic E-state index is 0.170. The highest BCUT2D eigenvalue weighted by Crippen LogP contribution is 2.38. The molecule has 3 aromatic rings. The van der Waals surface area contributed by atoms with E-state index in [0.29, 0.717) is 29.6 Å². The van der Waals surface area contributed by atoms with E-state index in [-0.39, 0.29) is 12.1 Å². The normalized spacial score (nSPS) is 15.5. The van der Waals surface area contributed by atoms with Crippen LogP contribution in [-0.2, 0) is 6.42 Å². The molecule has 0 saturated carbocycles. The van der Waals surface area contributed by atoms with Crippen LogP contribution in [0.3, 0.4) is 0 Å². The molecule has 1 heterocycles. The van der Waals surface area contributed by atoms with Gasteiger partial charge in [-0.15, -0.1) is 0 Å². The number of fused-ring (bicyclic) bond motifs is 1. The Morgan fingerprint density at radius 2 is 1.72 bits per heavy atom. The maximum atomic E-state index is 13.3. The number of nitrogens with one attached hydrogen (secondary N) is 1. The third-order valence-corrected chi connectivity index (χ3v) is 5.52. The molecule has 0 bridgehead atoms. The molecule has 0 aliphatic carbocycles. The summed E-state index contributed by atoms with van der Waals surface area (Å²) < 4.78 is 5.66. The zero-order valence-electron chi connectivity index (χ0n) is 16.3. The van der Waals surface area contributed by atoms with Gasteiger partial charge >= 0.3 is 6.03 Å². The number of para-hydroxylation sites is 2. The van der Waals surface area contributed by atoms with Crippen LogP contribution < -0.4 is 10.1 Å². The van der Waals surface area contributed by atoms with Crippen LogP contribution >= 0.6 is 11.6 Å². The maximum Gasteiger partial charge on any atom is 0.322 e. The molecule has 1 N–H and O–H groups in total. The van der Waals surface area contributed by atoms with Gasteiger partial charge in [0.05, 0.1) is 18.3 Å². The third kappa shape index (κ3) is 3.94. The second-order valence-corrected chi connectivity index (χ2v) is 7.33. The molecular weight excluding hydrogens is 384 g/mol. The van der Waals surface area contributed by atoms with E-state index in [1.807, 2.05) is 72.5 Å². The van der Waals surface area contributed by atoms with Gasteiger partial charge in [0, 0.05) is 11.6 Å². The SMILES string of the molecule is CCOc1ccccc1NC(=O)N1CCc2ccccc2C1c1ccccc1Cl. The molecule has 4 rings (SSSR count). The highest BCUT2D eigenvalue weighted by Gasteiger charge is 2.33. The summed E-state index contributed by atoms with van der Waals surface area (Å²) in [6.07, 6.45) is 0.803. The number of carbonyl (C=O) groups is 1. The largest absolute Gasteiger partial charge is 0.492 e. The lowest BCUT2D eigenvalue weighted by Gasteiger charge is -2.38. The first kappa shape index (κ1) is 19.3. The van der Waals surface area contributed by atoms with Crippen molar-refractivity contribution in [2.45, 2.75) is 19.4 Å². The van der Waals surface area contributed by atoms with Crippen LogP contribution in [0.4, 0.5) is 10.5 Å². The Bertz CT molecular complexity index is 1020. The molecule has 0 aromatic heterocycles. The van der Waals surface area contributed by atoms with Crippen molar-refractivity contribution in [2.24, 2.45) is 0 Å². The molecule has 0 radical (unpaired) electrons. The number of urea groups is 1. The van der Waals surface area contributed by atoms with Gasteiger partial charge in [0.15, 0.2) is 0 Å². The number of halogens is 1. The van der Waals surface area contributed by atoms with Crippen LogP contribution in [0.15, 0.2) is 72.8 Å². The number of ether oxygens (including phenoxy) is 1. The Balaban J connectivity index is 1.71. The molecule has 3 aromatic carbocycles. The van der Waals surface area contributed by atoms with Crippen molar-refractivity contribution in [2.75, 3.05) is 18.5 Å². The second-order valence-electron chi connectivity index (χ2n) is 6.93. The quantitative estimate of drug-likeness (QED) is 0.584. The predicted octanol–water partition coefficient (Wildman–Crippen LogP) is 5.92. The van der Waals surface area contributed by atoms with Gasteiger partial charge in [-0.25, -0.2) is 4.79 Å². The Morgan fingerprint density at radius 1 is 1.03 bits per heavy atom. The van der Waals surface area contributed by atoms with E-state index >= 15 is 0 Å². The molecule has 4 nitrogen and oxygen atoms in total. The van der Waals surface area contributed by atoms with E-state index in [0.717, 1.165) is 17.5 Å². The van der Waals surface area contributed by atoms with Crippen molar-refractivity contribution < 1.29 is 9.53 Å². The van der Waals surface area contributed by atoms with Gasteiger partial charge in [-0.2, -0.15) is 0 Å². The number of rotatable bonds is 4. The van der Waals surface area contributed by atoms with Crippen LogP contribution in [0.25, 0.3) is 0 Å². The second kappa shape index (κ2) is 8.58. The molecule has 5 heteroatoms. The van der Waals surface area contributed by atoms with E-state index in [2.05, 4.69) is 17.4 Å².